The van der Waals surface area contributed by atoms with Gasteiger partial charge < -0.3 is 94.4 Å². The quantitative estimate of drug-likeness (QED) is 0.112. The maximum absolute atomic E-state index is 12.5. The molecule has 9 aliphatic rings. The van der Waals surface area contributed by atoms with Gasteiger partial charge in [-0.3, -0.25) is 0 Å². The zero-order valence-electron chi connectivity index (χ0n) is 39.3. The van der Waals surface area contributed by atoms with Crippen molar-refractivity contribution in [2.24, 2.45) is 44.8 Å². The third kappa shape index (κ3) is 7.22. The summed E-state index contributed by atoms with van der Waals surface area (Å²) in [7, 11) is 0. The van der Waals surface area contributed by atoms with Gasteiger partial charge in [-0.05, 0) is 117 Å². The Hall–Kier alpha value is -0.760. The molecule has 19 heteroatoms. The van der Waals surface area contributed by atoms with Gasteiger partial charge in [-0.25, -0.2) is 0 Å². The highest BCUT2D eigenvalue weighted by Gasteiger charge is 2.85. The molecule has 0 aromatic heterocycles. The molecule has 26 atom stereocenters. The van der Waals surface area contributed by atoms with Crippen LogP contribution in [0.3, 0.4) is 0 Å². The summed E-state index contributed by atoms with van der Waals surface area (Å²) >= 11 is 0. The third-order valence-electron chi connectivity index (χ3n) is 19.9. The molecule has 0 aromatic carbocycles. The Kier molecular flexibility index (Phi) is 12.9. The number of hydrogen-bond acceptors (Lipinski definition) is 19. The van der Waals surface area contributed by atoms with Crippen LogP contribution in [0, 0.1) is 44.8 Å². The Morgan fingerprint density at radius 2 is 1.21 bits per heavy atom. The maximum atomic E-state index is 12.5. The molecular weight excluding hydrogens is 868 g/mol. The average molecular weight is 947 g/mol. The van der Waals surface area contributed by atoms with Crippen molar-refractivity contribution in [3.63, 3.8) is 0 Å². The van der Waals surface area contributed by atoms with Crippen LogP contribution in [0.25, 0.3) is 0 Å². The highest BCUT2D eigenvalue weighted by atomic mass is 16.8. The predicted octanol–water partition coefficient (Wildman–Crippen LogP) is -1.45. The Balaban J connectivity index is 0.907. The number of ether oxygens (including phenoxy) is 7. The first-order valence-electron chi connectivity index (χ1n) is 24.4. The molecule has 4 heterocycles. The lowest BCUT2D eigenvalue weighted by molar-refractivity contribution is -0.366. The first-order chi connectivity index (χ1) is 30.8. The molecule has 5 saturated carbocycles. The number of aliphatic hydroxyl groups is 12. The maximum Gasteiger partial charge on any atom is 0.187 e. The molecule has 19 nitrogen and oxygen atoms in total. The van der Waals surface area contributed by atoms with Crippen LogP contribution < -0.4 is 0 Å². The van der Waals surface area contributed by atoms with Gasteiger partial charge in [-0.15, -0.1) is 0 Å². The van der Waals surface area contributed by atoms with Crippen molar-refractivity contribution in [1.29, 1.82) is 0 Å². The molecule has 9 rings (SSSR count). The Morgan fingerprint density at radius 1 is 0.591 bits per heavy atom. The van der Waals surface area contributed by atoms with E-state index >= 15 is 0 Å². The van der Waals surface area contributed by atoms with Crippen LogP contribution in [0.15, 0.2) is 0 Å². The zero-order chi connectivity index (χ0) is 48.1. The molecule has 0 unspecified atom stereocenters. The monoisotopic (exact) mass is 947 g/mol. The molecule has 66 heavy (non-hydrogen) atoms. The van der Waals surface area contributed by atoms with Crippen LogP contribution in [0.5, 0.6) is 0 Å². The number of fused-ring (bicyclic) bond motifs is 2. The molecule has 380 valence electrons. The molecule has 0 aromatic rings. The fraction of sp³-hybridized carbons (Fsp3) is 1.00. The summed E-state index contributed by atoms with van der Waals surface area (Å²) in [6, 6.07) is 0. The summed E-state index contributed by atoms with van der Waals surface area (Å²) in [5, 5.41) is 129. The van der Waals surface area contributed by atoms with Crippen molar-refractivity contribution in [1.82, 2.24) is 0 Å². The van der Waals surface area contributed by atoms with Gasteiger partial charge in [0.15, 0.2) is 18.9 Å². The minimum absolute atomic E-state index is 0.0698. The Morgan fingerprint density at radius 3 is 1.85 bits per heavy atom. The summed E-state index contributed by atoms with van der Waals surface area (Å²) in [5.41, 5.74) is -3.37. The highest BCUT2D eigenvalue weighted by molar-refractivity contribution is 5.33. The van der Waals surface area contributed by atoms with Crippen LogP contribution in [0.1, 0.15) is 106 Å². The minimum atomic E-state index is -1.75. The van der Waals surface area contributed by atoms with Gasteiger partial charge in [-0.1, -0.05) is 27.7 Å². The summed E-state index contributed by atoms with van der Waals surface area (Å²) in [6.45, 7) is 13.0. The average Bonchev–Trinajstić information content (AvgIpc) is 3.61. The van der Waals surface area contributed by atoms with Crippen molar-refractivity contribution in [2.75, 3.05) is 19.8 Å². The zero-order valence-corrected chi connectivity index (χ0v) is 39.3. The predicted molar refractivity (Wildman–Crippen MR) is 226 cm³/mol. The molecule has 0 bridgehead atoms. The first-order valence-corrected chi connectivity index (χ1v) is 24.4. The lowest BCUT2D eigenvalue weighted by atomic mass is 9.41. The molecular formula is C47H78O19. The van der Waals surface area contributed by atoms with E-state index in [-0.39, 0.29) is 46.0 Å². The van der Waals surface area contributed by atoms with Crippen molar-refractivity contribution < 1.29 is 94.4 Å². The number of hydrogen-bond donors (Lipinski definition) is 12. The second-order valence-electron chi connectivity index (χ2n) is 23.8. The van der Waals surface area contributed by atoms with Crippen LogP contribution in [0.2, 0.25) is 0 Å². The van der Waals surface area contributed by atoms with E-state index in [9.17, 15) is 61.3 Å². The molecule has 4 saturated heterocycles. The van der Waals surface area contributed by atoms with Crippen molar-refractivity contribution in [2.45, 2.75) is 228 Å². The number of aliphatic hydroxyl groups excluding tert-OH is 12. The molecule has 0 amide bonds. The van der Waals surface area contributed by atoms with Gasteiger partial charge in [0.1, 0.15) is 67.1 Å². The summed E-state index contributed by atoms with van der Waals surface area (Å²) in [4.78, 5) is 0. The van der Waals surface area contributed by atoms with Crippen LogP contribution in [-0.2, 0) is 33.2 Å². The molecule has 0 radical (unpaired) electrons. The third-order valence-corrected chi connectivity index (χ3v) is 19.9. The van der Waals surface area contributed by atoms with Gasteiger partial charge in [0.2, 0.25) is 0 Å². The Labute approximate surface area is 386 Å². The smallest absolute Gasteiger partial charge is 0.187 e. The second kappa shape index (κ2) is 16.9. The molecule has 4 aliphatic heterocycles. The highest BCUT2D eigenvalue weighted by Crippen LogP contribution is 2.89. The van der Waals surface area contributed by atoms with E-state index in [0.29, 0.717) is 32.1 Å². The van der Waals surface area contributed by atoms with Gasteiger partial charge in [0.25, 0.3) is 0 Å². The van der Waals surface area contributed by atoms with E-state index in [0.717, 1.165) is 25.7 Å². The van der Waals surface area contributed by atoms with E-state index in [4.69, 9.17) is 33.2 Å². The van der Waals surface area contributed by atoms with Gasteiger partial charge in [0.05, 0.1) is 55.4 Å². The SMILES string of the molecule is CC(C)(O[C@@H]1O[C@H](CO)[C@@H](O)[C@H](O)[C@H]1O)[C@H]1CC[C@](C)([C@H]2[C@@H](O)C[C@@]3(C)[C@@H]4C[C@H](O)[C@@H]5C(C)(C)[C@H](O[C@@H]6OC[C@@H](O)[C@H](O)[C@H]6O[C@@H]6O[C@H](CO)[C@@H](O)[C@H](O)[C@H]6O)CC[C@]56C[C@]46CC[C@]23C)O1. The fourth-order valence-corrected chi connectivity index (χ4v) is 16.4. The standard InChI is InChI=1S/C47H78O19/c1-41(2)26(63-40-35(28(53)22(52)18-60-40)64-38-33(58)31(56)29(54)23(16-48)61-38)9-11-47-19-46(47)13-12-43(5)37(21(51)15-44(43,6)25(46)14-20(50)36(41)47)45(7)10-8-27(65-45)42(3,4)66-39-34(59)32(57)30(55)24(17-49)62-39/h20-40,48-59H,8-19H2,1-7H3/t20-,21-,22+,23+,24+,25-,26+,27+,28-,29+,30+,31-,32-,33+,34+,35+,36+,37-,38-,39-,40-,43+,44-,45+,46+,47-/m0/s1. The van der Waals surface area contributed by atoms with Crippen molar-refractivity contribution in [3.05, 3.63) is 0 Å². The van der Waals surface area contributed by atoms with Gasteiger partial charge >= 0.3 is 0 Å². The first kappa shape index (κ1) is 50.2. The van der Waals surface area contributed by atoms with E-state index in [1.165, 1.54) is 0 Å². The van der Waals surface area contributed by atoms with E-state index < -0.39 is 140 Å². The van der Waals surface area contributed by atoms with Crippen LogP contribution >= 0.6 is 0 Å². The van der Waals surface area contributed by atoms with E-state index in [2.05, 4.69) is 34.6 Å². The van der Waals surface area contributed by atoms with Crippen LogP contribution in [-0.4, -0.2) is 203 Å². The summed E-state index contributed by atoms with van der Waals surface area (Å²) in [6.07, 6.45) is -16.5. The van der Waals surface area contributed by atoms with E-state index in [1.54, 1.807) is 0 Å². The topological polar surface area (TPSA) is 307 Å². The second-order valence-corrected chi connectivity index (χ2v) is 23.8. The number of rotatable bonds is 10. The summed E-state index contributed by atoms with van der Waals surface area (Å²) < 4.78 is 43.2. The van der Waals surface area contributed by atoms with E-state index in [1.807, 2.05) is 13.8 Å². The minimum Gasteiger partial charge on any atom is -0.394 e. The molecule has 5 aliphatic carbocycles. The lowest BCUT2D eigenvalue weighted by Crippen LogP contribution is -2.64. The van der Waals surface area contributed by atoms with Crippen molar-refractivity contribution >= 4 is 0 Å². The van der Waals surface area contributed by atoms with Crippen molar-refractivity contribution in [3.8, 4) is 0 Å². The normalized spacial score (nSPS) is 58.0. The fourth-order valence-electron chi connectivity index (χ4n) is 16.4. The molecule has 12 N–H and O–H groups in total. The largest absolute Gasteiger partial charge is 0.394 e. The van der Waals surface area contributed by atoms with Crippen LogP contribution in [0.4, 0.5) is 0 Å². The lowest BCUT2D eigenvalue weighted by Gasteiger charge is -2.64. The Bertz CT molecular complexity index is 1770. The van der Waals surface area contributed by atoms with Gasteiger partial charge in [-0.2, -0.15) is 0 Å². The van der Waals surface area contributed by atoms with Gasteiger partial charge in [0, 0.05) is 5.92 Å². The summed E-state index contributed by atoms with van der Waals surface area (Å²) in [5.74, 6) is -0.293. The molecule has 9 fully saturated rings. The molecule has 2 spiro atoms.